The van der Waals surface area contributed by atoms with E-state index < -0.39 is 10.0 Å². The van der Waals surface area contributed by atoms with Gasteiger partial charge in [-0.15, -0.1) is 0 Å². The second-order valence-electron chi connectivity index (χ2n) is 6.52. The van der Waals surface area contributed by atoms with Crippen molar-refractivity contribution in [1.29, 1.82) is 0 Å². The van der Waals surface area contributed by atoms with Crippen LogP contribution in [0.15, 0.2) is 18.5 Å². The van der Waals surface area contributed by atoms with E-state index in [0.29, 0.717) is 19.6 Å². The van der Waals surface area contributed by atoms with Crippen molar-refractivity contribution in [3.63, 3.8) is 0 Å². The normalized spacial score (nSPS) is 26.6. The van der Waals surface area contributed by atoms with Crippen LogP contribution in [0.1, 0.15) is 25.7 Å². The van der Waals surface area contributed by atoms with Gasteiger partial charge in [0.25, 0.3) is 0 Å². The van der Waals surface area contributed by atoms with E-state index in [1.165, 1.54) is 10.6 Å². The third-order valence-corrected chi connectivity index (χ3v) is 6.09. The average Bonchev–Trinajstić information content (AvgIpc) is 3.18. The van der Waals surface area contributed by atoms with Gasteiger partial charge in [0.2, 0.25) is 15.9 Å². The summed E-state index contributed by atoms with van der Waals surface area (Å²) in [5.74, 6) is -0.107. The van der Waals surface area contributed by atoms with E-state index >= 15 is 0 Å². The summed E-state index contributed by atoms with van der Waals surface area (Å²) in [5.41, 5.74) is 0. The summed E-state index contributed by atoms with van der Waals surface area (Å²) in [4.78, 5) is 14.8. The largest absolute Gasteiger partial charge is 0.338 e. The average molecular weight is 340 g/mol. The van der Waals surface area contributed by atoms with Gasteiger partial charge in [0, 0.05) is 32.0 Å². The second-order valence-corrected chi connectivity index (χ2v) is 8.50. The van der Waals surface area contributed by atoms with Crippen molar-refractivity contribution in [2.45, 2.75) is 38.3 Å². The molecule has 3 heterocycles. The number of amides is 1. The minimum absolute atomic E-state index is 0.105. The van der Waals surface area contributed by atoms with E-state index in [0.717, 1.165) is 32.2 Å². The molecule has 128 valence electrons. The molecule has 2 saturated heterocycles. The van der Waals surface area contributed by atoms with Crippen molar-refractivity contribution in [2.75, 3.05) is 25.9 Å². The highest BCUT2D eigenvalue weighted by atomic mass is 32.2. The Hall–Kier alpha value is -1.41. The van der Waals surface area contributed by atoms with Crippen LogP contribution in [0.2, 0.25) is 0 Å². The summed E-state index contributed by atoms with van der Waals surface area (Å²) in [6.45, 7) is 2.32. The van der Waals surface area contributed by atoms with Crippen LogP contribution >= 0.6 is 0 Å². The molecule has 1 aromatic rings. The molecule has 0 aliphatic carbocycles. The van der Waals surface area contributed by atoms with Crippen molar-refractivity contribution < 1.29 is 13.2 Å². The third kappa shape index (κ3) is 3.74. The number of carbonyl (C=O) groups is 1. The van der Waals surface area contributed by atoms with Crippen molar-refractivity contribution in [1.82, 2.24) is 19.0 Å². The summed E-state index contributed by atoms with van der Waals surface area (Å²) >= 11 is 0. The zero-order chi connectivity index (χ0) is 16.4. The molecular weight excluding hydrogens is 316 g/mol. The van der Waals surface area contributed by atoms with Crippen LogP contribution in [0.25, 0.3) is 0 Å². The smallest absolute Gasteiger partial charge is 0.227 e. The van der Waals surface area contributed by atoms with Crippen molar-refractivity contribution >= 4 is 15.9 Å². The number of carbonyl (C=O) groups excluding carboxylic acids is 1. The van der Waals surface area contributed by atoms with Crippen LogP contribution in [0.5, 0.6) is 0 Å². The molecule has 2 aliphatic rings. The molecular formula is C15H24N4O3S. The fourth-order valence-corrected chi connectivity index (χ4v) is 4.53. The number of hydrogen-bond acceptors (Lipinski definition) is 4. The first kappa shape index (κ1) is 16.4. The van der Waals surface area contributed by atoms with Gasteiger partial charge >= 0.3 is 0 Å². The van der Waals surface area contributed by atoms with Crippen LogP contribution in [0.3, 0.4) is 0 Å². The number of nitrogens with zero attached hydrogens (tertiary/aromatic N) is 4. The third-order valence-electron chi connectivity index (χ3n) is 4.82. The van der Waals surface area contributed by atoms with Crippen molar-refractivity contribution in [3.8, 4) is 0 Å². The first-order valence-corrected chi connectivity index (χ1v) is 10.0. The fraction of sp³-hybridized carbons (Fsp3) is 0.733. The Morgan fingerprint density at radius 1 is 1.26 bits per heavy atom. The van der Waals surface area contributed by atoms with Crippen LogP contribution in [-0.2, 0) is 21.4 Å². The molecule has 7 nitrogen and oxygen atoms in total. The molecule has 1 amide bonds. The predicted molar refractivity (Wildman–Crippen MR) is 86.1 cm³/mol. The standard InChI is InChI=1S/C15H24N4O3S/c1-23(21,22)18-9-2-5-13(11-18)15(20)19-10-3-6-14(19)12-17-8-4-7-16-17/h4,7-8,13-14H,2-3,5-6,9-12H2,1H3/t13-,14+/m1/s1. The molecule has 3 rings (SSSR count). The first-order valence-electron chi connectivity index (χ1n) is 8.18. The lowest BCUT2D eigenvalue weighted by Gasteiger charge is -2.34. The lowest BCUT2D eigenvalue weighted by atomic mass is 9.97. The van der Waals surface area contributed by atoms with E-state index in [1.54, 1.807) is 6.20 Å². The highest BCUT2D eigenvalue weighted by Gasteiger charge is 2.36. The summed E-state index contributed by atoms with van der Waals surface area (Å²) in [6.07, 6.45) is 8.38. The van der Waals surface area contributed by atoms with Gasteiger partial charge in [0.15, 0.2) is 0 Å². The highest BCUT2D eigenvalue weighted by Crippen LogP contribution is 2.26. The van der Waals surface area contributed by atoms with Gasteiger partial charge < -0.3 is 4.90 Å². The minimum Gasteiger partial charge on any atom is -0.338 e. The van der Waals surface area contributed by atoms with Gasteiger partial charge in [-0.05, 0) is 31.7 Å². The maximum absolute atomic E-state index is 12.9. The Kier molecular flexibility index (Phi) is 4.72. The number of aromatic nitrogens is 2. The number of rotatable bonds is 4. The maximum atomic E-state index is 12.9. The molecule has 0 spiro atoms. The summed E-state index contributed by atoms with van der Waals surface area (Å²) in [6, 6.07) is 2.04. The highest BCUT2D eigenvalue weighted by molar-refractivity contribution is 7.88. The van der Waals surface area contributed by atoms with Crippen molar-refractivity contribution in [2.24, 2.45) is 5.92 Å². The minimum atomic E-state index is -3.22. The van der Waals surface area contributed by atoms with E-state index in [-0.39, 0.29) is 17.9 Å². The molecule has 0 radical (unpaired) electrons. The molecule has 0 N–H and O–H groups in total. The summed E-state index contributed by atoms with van der Waals surface area (Å²) in [7, 11) is -3.22. The van der Waals surface area contributed by atoms with Crippen molar-refractivity contribution in [3.05, 3.63) is 18.5 Å². The van der Waals surface area contributed by atoms with E-state index in [1.807, 2.05) is 21.8 Å². The Bertz CT molecular complexity index is 644. The lowest BCUT2D eigenvalue weighted by molar-refractivity contribution is -0.137. The van der Waals surface area contributed by atoms with Gasteiger partial charge in [-0.1, -0.05) is 0 Å². The Morgan fingerprint density at radius 2 is 2.04 bits per heavy atom. The van der Waals surface area contributed by atoms with Gasteiger partial charge in [0.1, 0.15) is 0 Å². The maximum Gasteiger partial charge on any atom is 0.227 e. The molecule has 0 aromatic carbocycles. The predicted octanol–water partition coefficient (Wildman–Crippen LogP) is 0.546. The number of likely N-dealkylation sites (tertiary alicyclic amines) is 1. The summed E-state index contributed by atoms with van der Waals surface area (Å²) in [5, 5.41) is 4.22. The number of sulfonamides is 1. The van der Waals surface area contributed by atoms with Crippen LogP contribution in [-0.4, -0.2) is 65.2 Å². The van der Waals surface area contributed by atoms with Crippen LogP contribution in [0, 0.1) is 5.92 Å². The molecule has 0 bridgehead atoms. The molecule has 8 heteroatoms. The van der Waals surface area contributed by atoms with E-state index in [4.69, 9.17) is 0 Å². The molecule has 2 aliphatic heterocycles. The van der Waals surface area contributed by atoms with Crippen LogP contribution in [0.4, 0.5) is 0 Å². The molecule has 23 heavy (non-hydrogen) atoms. The Balaban J connectivity index is 1.66. The van der Waals surface area contributed by atoms with Gasteiger partial charge in [-0.25, -0.2) is 12.7 Å². The lowest BCUT2D eigenvalue weighted by Crippen LogP contribution is -2.48. The Labute approximate surface area is 137 Å². The molecule has 2 atom stereocenters. The number of piperidine rings is 1. The van der Waals surface area contributed by atoms with E-state index in [9.17, 15) is 13.2 Å². The molecule has 0 saturated carbocycles. The Morgan fingerprint density at radius 3 is 2.74 bits per heavy atom. The second kappa shape index (κ2) is 6.60. The SMILES string of the molecule is CS(=O)(=O)N1CCC[C@@H](C(=O)N2CCC[C@H]2Cn2cccn2)C1. The quantitative estimate of drug-likeness (QED) is 0.802. The van der Waals surface area contributed by atoms with Gasteiger partial charge in [-0.3, -0.25) is 9.48 Å². The number of hydrogen-bond donors (Lipinski definition) is 0. The monoisotopic (exact) mass is 340 g/mol. The van der Waals surface area contributed by atoms with Gasteiger partial charge in [-0.2, -0.15) is 5.10 Å². The molecule has 2 fully saturated rings. The zero-order valence-corrected chi connectivity index (χ0v) is 14.3. The molecule has 1 aromatic heterocycles. The fourth-order valence-electron chi connectivity index (χ4n) is 3.62. The first-order chi connectivity index (χ1) is 10.9. The van der Waals surface area contributed by atoms with E-state index in [2.05, 4.69) is 5.10 Å². The molecule has 0 unspecified atom stereocenters. The topological polar surface area (TPSA) is 75.5 Å². The summed E-state index contributed by atoms with van der Waals surface area (Å²) < 4.78 is 26.8. The zero-order valence-electron chi connectivity index (χ0n) is 13.5. The van der Waals surface area contributed by atoms with Crippen LogP contribution < -0.4 is 0 Å². The van der Waals surface area contributed by atoms with Gasteiger partial charge in [0.05, 0.1) is 24.8 Å².